The van der Waals surface area contributed by atoms with E-state index in [1.54, 1.807) is 23.1 Å². The number of ether oxygens (including phenoxy) is 1. The molecule has 32 heavy (non-hydrogen) atoms. The Labute approximate surface area is 183 Å². The zero-order chi connectivity index (χ0) is 22.7. The van der Waals surface area contributed by atoms with Crippen molar-refractivity contribution < 1.29 is 23.6 Å². The molecule has 0 aromatic heterocycles. The number of para-hydroxylation sites is 1. The van der Waals surface area contributed by atoms with Crippen LogP contribution in [0.3, 0.4) is 0 Å². The summed E-state index contributed by atoms with van der Waals surface area (Å²) in [6, 6.07) is 10.8. The van der Waals surface area contributed by atoms with Gasteiger partial charge < -0.3 is 19.9 Å². The molecule has 2 fully saturated rings. The van der Waals surface area contributed by atoms with Crippen LogP contribution >= 0.6 is 0 Å². The van der Waals surface area contributed by atoms with E-state index in [2.05, 4.69) is 5.32 Å². The zero-order valence-corrected chi connectivity index (χ0v) is 17.3. The molecule has 1 aliphatic heterocycles. The molecule has 1 heterocycles. The number of rotatable bonds is 7. The van der Waals surface area contributed by atoms with E-state index >= 15 is 0 Å². The van der Waals surface area contributed by atoms with Crippen LogP contribution in [-0.4, -0.2) is 60.5 Å². The van der Waals surface area contributed by atoms with Crippen molar-refractivity contribution in [2.24, 2.45) is 0 Å². The van der Waals surface area contributed by atoms with E-state index in [-0.39, 0.29) is 29.0 Å². The van der Waals surface area contributed by atoms with Crippen molar-refractivity contribution in [3.63, 3.8) is 0 Å². The van der Waals surface area contributed by atoms with Gasteiger partial charge in [0.25, 0.3) is 11.6 Å². The molecule has 1 saturated heterocycles. The summed E-state index contributed by atoms with van der Waals surface area (Å²) in [7, 11) is 0. The number of nitrogens with zero attached hydrogens (tertiary/aromatic N) is 3. The highest BCUT2D eigenvalue weighted by molar-refractivity contribution is 5.93. The molecule has 2 aromatic rings. The van der Waals surface area contributed by atoms with Gasteiger partial charge in [0.15, 0.2) is 6.61 Å². The molecule has 0 radical (unpaired) electrons. The number of halogens is 1. The number of amides is 1. The first-order valence-electron chi connectivity index (χ1n) is 10.4. The Balaban J connectivity index is 1.30. The average Bonchev–Trinajstić information content (AvgIpc) is 3.62. The number of nitro benzene ring substituents is 1. The molecule has 0 atom stereocenters. The van der Waals surface area contributed by atoms with Crippen molar-refractivity contribution in [1.29, 1.82) is 0 Å². The number of esters is 1. The lowest BCUT2D eigenvalue weighted by Crippen LogP contribution is -2.50. The Bertz CT molecular complexity index is 1030. The third-order valence-corrected chi connectivity index (χ3v) is 5.52. The van der Waals surface area contributed by atoms with E-state index in [1.807, 2.05) is 4.90 Å². The van der Waals surface area contributed by atoms with Crippen LogP contribution < -0.4 is 10.2 Å². The van der Waals surface area contributed by atoms with Crippen molar-refractivity contribution in [3.8, 4) is 0 Å². The van der Waals surface area contributed by atoms with Gasteiger partial charge in [-0.05, 0) is 37.1 Å². The van der Waals surface area contributed by atoms with Gasteiger partial charge in [-0.15, -0.1) is 0 Å². The Morgan fingerprint density at radius 2 is 1.84 bits per heavy atom. The van der Waals surface area contributed by atoms with Gasteiger partial charge in [-0.1, -0.05) is 12.1 Å². The summed E-state index contributed by atoms with van der Waals surface area (Å²) in [4.78, 5) is 39.0. The Morgan fingerprint density at radius 1 is 1.12 bits per heavy atom. The number of hydrogen-bond acceptors (Lipinski definition) is 7. The van der Waals surface area contributed by atoms with E-state index in [1.165, 1.54) is 18.2 Å². The number of hydrogen-bond donors (Lipinski definition) is 1. The van der Waals surface area contributed by atoms with Crippen LogP contribution in [0.5, 0.6) is 0 Å². The zero-order valence-electron chi connectivity index (χ0n) is 17.3. The van der Waals surface area contributed by atoms with Crippen molar-refractivity contribution in [2.75, 3.05) is 43.0 Å². The first-order valence-corrected chi connectivity index (χ1v) is 10.4. The number of carbonyl (C=O) groups is 2. The van der Waals surface area contributed by atoms with E-state index in [0.717, 1.165) is 18.9 Å². The first-order chi connectivity index (χ1) is 15.4. The summed E-state index contributed by atoms with van der Waals surface area (Å²) in [6.07, 6.45) is 1.91. The summed E-state index contributed by atoms with van der Waals surface area (Å²) in [5, 5.41) is 14.4. The van der Waals surface area contributed by atoms with E-state index in [9.17, 15) is 24.1 Å². The smallest absolute Gasteiger partial charge is 0.338 e. The van der Waals surface area contributed by atoms with Gasteiger partial charge in [-0.3, -0.25) is 14.9 Å². The lowest BCUT2D eigenvalue weighted by Gasteiger charge is -2.36. The SMILES string of the molecule is O=C(OCC(=O)N1CCN(c2ccccc2F)CC1)c1ccc(NC2CC2)c([N+](=O)[O-])c1. The van der Waals surface area contributed by atoms with Gasteiger partial charge in [0.2, 0.25) is 0 Å². The fourth-order valence-electron chi connectivity index (χ4n) is 3.59. The fraction of sp³-hybridized carbons (Fsp3) is 0.364. The van der Waals surface area contributed by atoms with Gasteiger partial charge >= 0.3 is 5.97 Å². The number of benzene rings is 2. The van der Waals surface area contributed by atoms with Crippen LogP contribution in [-0.2, 0) is 9.53 Å². The molecule has 4 rings (SSSR count). The number of nitro groups is 1. The molecule has 0 spiro atoms. The van der Waals surface area contributed by atoms with Crippen molar-refractivity contribution in [2.45, 2.75) is 18.9 Å². The summed E-state index contributed by atoms with van der Waals surface area (Å²) in [5.74, 6) is -1.48. The summed E-state index contributed by atoms with van der Waals surface area (Å²) >= 11 is 0. The minimum atomic E-state index is -0.801. The van der Waals surface area contributed by atoms with Crippen molar-refractivity contribution in [3.05, 3.63) is 64.0 Å². The normalized spacial score (nSPS) is 15.9. The summed E-state index contributed by atoms with van der Waals surface area (Å²) in [6.45, 7) is 1.20. The van der Waals surface area contributed by atoms with Crippen LogP contribution in [0.1, 0.15) is 23.2 Å². The lowest BCUT2D eigenvalue weighted by molar-refractivity contribution is -0.384. The highest BCUT2D eigenvalue weighted by Gasteiger charge is 2.27. The lowest BCUT2D eigenvalue weighted by atomic mass is 10.1. The molecule has 1 saturated carbocycles. The monoisotopic (exact) mass is 442 g/mol. The fourth-order valence-corrected chi connectivity index (χ4v) is 3.59. The molecular weight excluding hydrogens is 419 g/mol. The van der Waals surface area contributed by atoms with E-state index < -0.39 is 17.5 Å². The minimum Gasteiger partial charge on any atom is -0.452 e. The second-order valence-electron chi connectivity index (χ2n) is 7.80. The summed E-state index contributed by atoms with van der Waals surface area (Å²) in [5.41, 5.74) is 0.655. The predicted octanol–water partition coefficient (Wildman–Crippen LogP) is 2.81. The second kappa shape index (κ2) is 9.21. The number of anilines is 2. The maximum absolute atomic E-state index is 13.9. The Kier molecular flexibility index (Phi) is 6.20. The largest absolute Gasteiger partial charge is 0.452 e. The molecule has 10 heteroatoms. The van der Waals surface area contributed by atoms with Crippen LogP contribution in [0.15, 0.2) is 42.5 Å². The molecule has 1 N–H and O–H groups in total. The highest BCUT2D eigenvalue weighted by Crippen LogP contribution is 2.31. The van der Waals surface area contributed by atoms with Gasteiger partial charge in [-0.2, -0.15) is 0 Å². The minimum absolute atomic E-state index is 0.00946. The van der Waals surface area contributed by atoms with Crippen LogP contribution in [0.25, 0.3) is 0 Å². The molecular formula is C22H23FN4O5. The van der Waals surface area contributed by atoms with Gasteiger partial charge in [0, 0.05) is 38.3 Å². The number of piperazine rings is 1. The molecule has 168 valence electrons. The topological polar surface area (TPSA) is 105 Å². The number of carbonyl (C=O) groups excluding carboxylic acids is 2. The van der Waals surface area contributed by atoms with Crippen molar-refractivity contribution in [1.82, 2.24) is 4.90 Å². The maximum Gasteiger partial charge on any atom is 0.338 e. The van der Waals surface area contributed by atoms with Crippen LogP contribution in [0.4, 0.5) is 21.5 Å². The average molecular weight is 442 g/mol. The van der Waals surface area contributed by atoms with Gasteiger partial charge in [0.1, 0.15) is 11.5 Å². The number of nitrogens with one attached hydrogen (secondary N) is 1. The van der Waals surface area contributed by atoms with Crippen molar-refractivity contribution >= 4 is 28.9 Å². The van der Waals surface area contributed by atoms with Gasteiger partial charge in [-0.25, -0.2) is 9.18 Å². The third kappa shape index (κ3) is 4.96. The molecule has 0 unspecified atom stereocenters. The second-order valence-corrected chi connectivity index (χ2v) is 7.80. The van der Waals surface area contributed by atoms with E-state index in [4.69, 9.17) is 4.74 Å². The predicted molar refractivity (Wildman–Crippen MR) is 115 cm³/mol. The Morgan fingerprint density at radius 3 is 2.50 bits per heavy atom. The molecule has 2 aliphatic rings. The molecule has 1 aliphatic carbocycles. The quantitative estimate of drug-likeness (QED) is 0.399. The van der Waals surface area contributed by atoms with Crippen LogP contribution in [0, 0.1) is 15.9 Å². The highest BCUT2D eigenvalue weighted by atomic mass is 19.1. The Hall–Kier alpha value is -3.69. The molecule has 1 amide bonds. The maximum atomic E-state index is 13.9. The molecule has 2 aromatic carbocycles. The third-order valence-electron chi connectivity index (χ3n) is 5.52. The molecule has 0 bridgehead atoms. The van der Waals surface area contributed by atoms with E-state index in [0.29, 0.717) is 37.6 Å². The first kappa shape index (κ1) is 21.5. The standard InChI is InChI=1S/C22H23FN4O5/c23-17-3-1-2-4-19(17)25-9-11-26(12-10-25)21(28)14-32-22(29)15-5-8-18(24-16-6-7-16)20(13-15)27(30)31/h1-5,8,13,16,24H,6-7,9-12,14H2. The van der Waals surface area contributed by atoms with Gasteiger partial charge in [0.05, 0.1) is 16.2 Å². The molecule has 9 nitrogen and oxygen atoms in total. The summed E-state index contributed by atoms with van der Waals surface area (Å²) < 4.78 is 19.0. The van der Waals surface area contributed by atoms with Crippen LogP contribution in [0.2, 0.25) is 0 Å².